The molecule has 0 bridgehead atoms. The minimum atomic E-state index is 0. The predicted molar refractivity (Wildman–Crippen MR) is 83.5 cm³/mol. The Balaban J connectivity index is 0.000000147. The van der Waals surface area contributed by atoms with Crippen LogP contribution in [0.15, 0.2) is 85.2 Å². The van der Waals surface area contributed by atoms with Gasteiger partial charge in [-0.1, -0.05) is 48.5 Å². The SMILES string of the molecule is [Co+2].c1ccc2ncccc2c1.c1ccc2ncccc2c1. The smallest absolute Gasteiger partial charge is 0.256 e. The van der Waals surface area contributed by atoms with E-state index in [-0.39, 0.29) is 16.8 Å². The molecule has 0 amide bonds. The molecule has 3 heteroatoms. The van der Waals surface area contributed by atoms with E-state index in [9.17, 15) is 0 Å². The van der Waals surface area contributed by atoms with Gasteiger partial charge in [-0.15, -0.1) is 0 Å². The van der Waals surface area contributed by atoms with E-state index in [1.807, 2.05) is 60.9 Å². The molecule has 0 atom stereocenters. The molecule has 2 aromatic carbocycles. The van der Waals surface area contributed by atoms with Crippen LogP contribution in [-0.4, -0.2) is 9.97 Å². The van der Waals surface area contributed by atoms with Gasteiger partial charge < -0.3 is 0 Å². The van der Waals surface area contributed by atoms with E-state index >= 15 is 0 Å². The number of para-hydroxylation sites is 2. The van der Waals surface area contributed by atoms with Gasteiger partial charge in [0.2, 0.25) is 0 Å². The van der Waals surface area contributed by atoms with E-state index in [1.165, 1.54) is 10.8 Å². The molecule has 2 heterocycles. The van der Waals surface area contributed by atoms with Crippen molar-refractivity contribution in [2.75, 3.05) is 0 Å². The molecule has 0 aliphatic heterocycles. The van der Waals surface area contributed by atoms with Crippen molar-refractivity contribution in [3.8, 4) is 0 Å². The standard InChI is InChI=1S/2C9H7N.Co/c2*1-2-6-9-8(4-1)5-3-7-10-9;/h2*1-7H;/q;;+2. The van der Waals surface area contributed by atoms with E-state index in [1.54, 1.807) is 0 Å². The largest absolute Gasteiger partial charge is 2.00 e. The van der Waals surface area contributed by atoms with Gasteiger partial charge in [0.15, 0.2) is 0 Å². The third-order valence-electron chi connectivity index (χ3n) is 3.02. The van der Waals surface area contributed by atoms with Crippen LogP contribution in [-0.2, 0) is 16.8 Å². The third kappa shape index (κ3) is 3.87. The Morgan fingerprint density at radius 1 is 0.476 bits per heavy atom. The molecule has 0 aliphatic carbocycles. The molecule has 0 aliphatic rings. The molecule has 2 nitrogen and oxygen atoms in total. The van der Waals surface area contributed by atoms with Gasteiger partial charge in [-0.3, -0.25) is 9.97 Å². The maximum atomic E-state index is 4.18. The van der Waals surface area contributed by atoms with Crippen molar-refractivity contribution in [3.05, 3.63) is 85.2 Å². The molecule has 21 heavy (non-hydrogen) atoms. The first kappa shape index (κ1) is 15.2. The van der Waals surface area contributed by atoms with Gasteiger partial charge in [-0.05, 0) is 24.3 Å². The van der Waals surface area contributed by atoms with Crippen LogP contribution in [0.1, 0.15) is 0 Å². The first-order chi connectivity index (χ1) is 9.93. The van der Waals surface area contributed by atoms with Gasteiger partial charge in [0.1, 0.15) is 0 Å². The molecule has 2 aromatic heterocycles. The molecular weight excluding hydrogens is 303 g/mol. The number of rotatable bonds is 0. The summed E-state index contributed by atoms with van der Waals surface area (Å²) in [6.45, 7) is 0. The summed E-state index contributed by atoms with van der Waals surface area (Å²) in [4.78, 5) is 8.36. The minimum Gasteiger partial charge on any atom is -0.256 e. The molecule has 0 saturated heterocycles. The Morgan fingerprint density at radius 3 is 1.29 bits per heavy atom. The summed E-state index contributed by atoms with van der Waals surface area (Å²) in [6.07, 6.45) is 3.62. The van der Waals surface area contributed by atoms with E-state index in [0.29, 0.717) is 0 Å². The van der Waals surface area contributed by atoms with Crippen LogP contribution in [0.25, 0.3) is 21.8 Å². The second kappa shape index (κ2) is 7.52. The predicted octanol–water partition coefficient (Wildman–Crippen LogP) is 4.47. The molecule has 0 saturated carbocycles. The Morgan fingerprint density at radius 2 is 0.857 bits per heavy atom. The van der Waals surface area contributed by atoms with Crippen molar-refractivity contribution in [1.82, 2.24) is 9.97 Å². The van der Waals surface area contributed by atoms with Crippen molar-refractivity contribution in [1.29, 1.82) is 0 Å². The van der Waals surface area contributed by atoms with Gasteiger partial charge in [0, 0.05) is 23.2 Å². The van der Waals surface area contributed by atoms with Crippen LogP contribution >= 0.6 is 0 Å². The maximum Gasteiger partial charge on any atom is 2.00 e. The van der Waals surface area contributed by atoms with E-state index in [4.69, 9.17) is 0 Å². The summed E-state index contributed by atoms with van der Waals surface area (Å²) in [5, 5.41) is 2.40. The van der Waals surface area contributed by atoms with E-state index in [0.717, 1.165) is 11.0 Å². The quantitative estimate of drug-likeness (QED) is 0.478. The Labute approximate surface area is 134 Å². The fourth-order valence-corrected chi connectivity index (χ4v) is 2.03. The third-order valence-corrected chi connectivity index (χ3v) is 3.02. The summed E-state index contributed by atoms with van der Waals surface area (Å²) in [5.74, 6) is 0. The Kier molecular flexibility index (Phi) is 5.43. The summed E-state index contributed by atoms with van der Waals surface area (Å²) >= 11 is 0. The van der Waals surface area contributed by atoms with Crippen molar-refractivity contribution < 1.29 is 16.8 Å². The number of aromatic nitrogens is 2. The molecule has 0 fully saturated rings. The van der Waals surface area contributed by atoms with Gasteiger partial charge in [-0.2, -0.15) is 0 Å². The number of nitrogens with zero attached hydrogens (tertiary/aromatic N) is 2. The van der Waals surface area contributed by atoms with Crippen molar-refractivity contribution in [2.45, 2.75) is 0 Å². The molecule has 0 unspecified atom stereocenters. The maximum absolute atomic E-state index is 4.18. The zero-order valence-corrected chi connectivity index (χ0v) is 12.4. The second-order valence-electron chi connectivity index (χ2n) is 4.39. The number of pyridine rings is 2. The molecule has 1 radical (unpaired) electrons. The number of fused-ring (bicyclic) bond motifs is 2. The molecule has 4 rings (SSSR count). The summed E-state index contributed by atoms with van der Waals surface area (Å²) < 4.78 is 0. The minimum absolute atomic E-state index is 0. The average molecular weight is 317 g/mol. The van der Waals surface area contributed by atoms with Crippen LogP contribution in [0.2, 0.25) is 0 Å². The van der Waals surface area contributed by atoms with Gasteiger partial charge in [-0.25, -0.2) is 0 Å². The Bertz CT molecular complexity index is 628. The summed E-state index contributed by atoms with van der Waals surface area (Å²) in [5.41, 5.74) is 2.12. The first-order valence-corrected chi connectivity index (χ1v) is 6.53. The van der Waals surface area contributed by atoms with Crippen molar-refractivity contribution in [2.24, 2.45) is 0 Å². The van der Waals surface area contributed by atoms with Crippen molar-refractivity contribution in [3.63, 3.8) is 0 Å². The summed E-state index contributed by atoms with van der Waals surface area (Å²) in [7, 11) is 0. The van der Waals surface area contributed by atoms with E-state index < -0.39 is 0 Å². The monoisotopic (exact) mass is 317 g/mol. The first-order valence-electron chi connectivity index (χ1n) is 6.53. The molecule has 4 aromatic rings. The van der Waals surface area contributed by atoms with Crippen molar-refractivity contribution >= 4 is 21.8 Å². The number of benzene rings is 2. The molecular formula is C18H14CoN2+2. The van der Waals surface area contributed by atoms with Crippen LogP contribution in [0.5, 0.6) is 0 Å². The number of hydrogen-bond acceptors (Lipinski definition) is 2. The van der Waals surface area contributed by atoms with Crippen LogP contribution in [0.4, 0.5) is 0 Å². The zero-order chi connectivity index (χ0) is 13.6. The van der Waals surface area contributed by atoms with E-state index in [2.05, 4.69) is 34.2 Å². The van der Waals surface area contributed by atoms with Crippen LogP contribution in [0.3, 0.4) is 0 Å². The van der Waals surface area contributed by atoms with Crippen LogP contribution in [0, 0.1) is 0 Å². The molecule has 0 N–H and O–H groups in total. The fourth-order valence-electron chi connectivity index (χ4n) is 2.03. The van der Waals surface area contributed by atoms with Crippen LogP contribution < -0.4 is 0 Å². The second-order valence-corrected chi connectivity index (χ2v) is 4.39. The molecule has 103 valence electrons. The van der Waals surface area contributed by atoms with Gasteiger partial charge >= 0.3 is 16.8 Å². The molecule has 0 spiro atoms. The van der Waals surface area contributed by atoms with Gasteiger partial charge in [0.25, 0.3) is 0 Å². The average Bonchev–Trinajstić information content (AvgIpc) is 2.56. The topological polar surface area (TPSA) is 25.8 Å². The van der Waals surface area contributed by atoms with Gasteiger partial charge in [0.05, 0.1) is 11.0 Å². The fraction of sp³-hybridized carbons (Fsp3) is 0. The Hall–Kier alpha value is -2.23. The normalized spacial score (nSPS) is 9.52. The summed E-state index contributed by atoms with van der Waals surface area (Å²) in [6, 6.07) is 24.2. The zero-order valence-electron chi connectivity index (χ0n) is 11.3. The number of hydrogen-bond donors (Lipinski definition) is 0.